The van der Waals surface area contributed by atoms with E-state index in [0.29, 0.717) is 5.56 Å². The van der Waals surface area contributed by atoms with E-state index in [0.717, 1.165) is 0 Å². The molecule has 0 spiro atoms. The van der Waals surface area contributed by atoms with Crippen molar-refractivity contribution in [2.75, 3.05) is 5.32 Å². The molecule has 96 valence electrons. The van der Waals surface area contributed by atoms with Crippen LogP contribution in [0.2, 0.25) is 0 Å². The molecule has 1 heterocycles. The largest absolute Gasteiger partial charge is 0.506 e. The van der Waals surface area contributed by atoms with E-state index in [1.807, 2.05) is 0 Å². The summed E-state index contributed by atoms with van der Waals surface area (Å²) >= 11 is 0. The van der Waals surface area contributed by atoms with Crippen LogP contribution in [0, 0.1) is 0 Å². The Hall–Kier alpha value is -2.89. The molecule has 19 heavy (non-hydrogen) atoms. The molecule has 0 atom stereocenters. The number of carboxylic acid groups (broad SMARTS) is 1. The molecule has 0 unspecified atom stereocenters. The number of phenolic OH excluding ortho intramolecular Hbond substituents is 1. The Morgan fingerprint density at radius 2 is 1.74 bits per heavy atom. The molecule has 2 aromatic rings. The summed E-state index contributed by atoms with van der Waals surface area (Å²) in [6, 6.07) is 6.67. The highest BCUT2D eigenvalue weighted by Crippen LogP contribution is 2.24. The lowest BCUT2D eigenvalue weighted by atomic mass is 10.1. The Balaban J connectivity index is 2.26. The quantitative estimate of drug-likeness (QED) is 0.728. The molecule has 3 N–H and O–H groups in total. The Morgan fingerprint density at radius 3 is 2.37 bits per heavy atom. The second-order valence-corrected chi connectivity index (χ2v) is 3.73. The van der Waals surface area contributed by atoms with Crippen molar-refractivity contribution in [1.82, 2.24) is 4.98 Å². The zero-order chi connectivity index (χ0) is 13.8. The molecule has 0 radical (unpaired) electrons. The van der Waals surface area contributed by atoms with Crippen molar-refractivity contribution in [3.8, 4) is 5.75 Å². The summed E-state index contributed by atoms with van der Waals surface area (Å²) < 4.78 is 0. The van der Waals surface area contributed by atoms with E-state index >= 15 is 0 Å². The minimum Gasteiger partial charge on any atom is -0.506 e. The fourth-order valence-electron chi connectivity index (χ4n) is 1.47. The number of nitrogens with zero attached hydrogens (tertiary/aromatic N) is 1. The summed E-state index contributed by atoms with van der Waals surface area (Å²) in [6.07, 6.45) is 2.92. The number of carboxylic acids is 1. The lowest BCUT2D eigenvalue weighted by Gasteiger charge is -2.08. The van der Waals surface area contributed by atoms with Crippen molar-refractivity contribution < 1.29 is 19.8 Å². The number of phenols is 1. The van der Waals surface area contributed by atoms with Crippen LogP contribution in [-0.2, 0) is 0 Å². The molecule has 0 saturated carbocycles. The molecule has 0 bridgehead atoms. The minimum absolute atomic E-state index is 0.0252. The smallest absolute Gasteiger partial charge is 0.335 e. The van der Waals surface area contributed by atoms with Gasteiger partial charge in [-0.2, -0.15) is 0 Å². The van der Waals surface area contributed by atoms with Gasteiger partial charge < -0.3 is 15.5 Å². The first-order valence-electron chi connectivity index (χ1n) is 5.35. The number of pyridine rings is 1. The first-order chi connectivity index (χ1) is 9.08. The van der Waals surface area contributed by atoms with Crippen molar-refractivity contribution >= 4 is 17.6 Å². The molecule has 6 heteroatoms. The highest BCUT2D eigenvalue weighted by molar-refractivity contribution is 6.05. The Morgan fingerprint density at radius 1 is 1.05 bits per heavy atom. The molecule has 1 aromatic carbocycles. The van der Waals surface area contributed by atoms with Crippen LogP contribution in [0.15, 0.2) is 42.7 Å². The van der Waals surface area contributed by atoms with E-state index in [-0.39, 0.29) is 17.0 Å². The second-order valence-electron chi connectivity index (χ2n) is 3.73. The number of aromatic hydroxyl groups is 1. The number of hydrogen-bond donors (Lipinski definition) is 3. The van der Waals surface area contributed by atoms with Gasteiger partial charge >= 0.3 is 5.97 Å². The molecule has 1 aromatic heterocycles. The van der Waals surface area contributed by atoms with Gasteiger partial charge in [-0.3, -0.25) is 9.78 Å². The monoisotopic (exact) mass is 258 g/mol. The predicted octanol–water partition coefficient (Wildman–Crippen LogP) is 1.74. The number of hydrogen-bond acceptors (Lipinski definition) is 4. The second kappa shape index (κ2) is 5.18. The molecule has 0 aliphatic heterocycles. The summed E-state index contributed by atoms with van der Waals surface area (Å²) in [5, 5.41) is 20.9. The van der Waals surface area contributed by atoms with Crippen molar-refractivity contribution in [2.45, 2.75) is 0 Å². The van der Waals surface area contributed by atoms with Crippen molar-refractivity contribution in [3.05, 3.63) is 53.9 Å². The molecule has 0 aliphatic rings. The van der Waals surface area contributed by atoms with Gasteiger partial charge in [-0.25, -0.2) is 4.79 Å². The van der Waals surface area contributed by atoms with Crippen LogP contribution < -0.4 is 5.32 Å². The van der Waals surface area contributed by atoms with E-state index in [1.165, 1.54) is 42.7 Å². The first kappa shape index (κ1) is 12.6. The average molecular weight is 258 g/mol. The van der Waals surface area contributed by atoms with Crippen LogP contribution >= 0.6 is 0 Å². The summed E-state index contributed by atoms with van der Waals surface area (Å²) in [7, 11) is 0. The highest BCUT2D eigenvalue weighted by Gasteiger charge is 2.11. The van der Waals surface area contributed by atoms with Crippen LogP contribution in [0.4, 0.5) is 5.69 Å². The third-order valence-electron chi connectivity index (χ3n) is 2.43. The Kier molecular flexibility index (Phi) is 3.42. The number of carbonyl (C=O) groups excluding carboxylic acids is 1. The number of carbonyl (C=O) groups is 2. The maximum absolute atomic E-state index is 11.9. The summed E-state index contributed by atoms with van der Waals surface area (Å²) in [6.45, 7) is 0. The molecule has 0 saturated heterocycles. The van der Waals surface area contributed by atoms with Gasteiger partial charge in [-0.15, -0.1) is 0 Å². The maximum atomic E-state index is 11.9. The number of anilines is 1. The Bertz CT molecular complexity index is 626. The summed E-state index contributed by atoms with van der Waals surface area (Å²) in [4.78, 5) is 26.5. The zero-order valence-electron chi connectivity index (χ0n) is 9.70. The molecule has 0 aliphatic carbocycles. The molecular formula is C13H10N2O4. The Labute approximate surface area is 108 Å². The highest BCUT2D eigenvalue weighted by atomic mass is 16.4. The van der Waals surface area contributed by atoms with Gasteiger partial charge in [0.15, 0.2) is 0 Å². The molecule has 6 nitrogen and oxygen atoms in total. The SMILES string of the molecule is O=C(O)c1ccc(O)c(NC(=O)c2ccncc2)c1. The van der Waals surface area contributed by atoms with E-state index in [4.69, 9.17) is 5.11 Å². The van der Waals surface area contributed by atoms with Gasteiger partial charge in [0.2, 0.25) is 0 Å². The predicted molar refractivity (Wildman–Crippen MR) is 67.3 cm³/mol. The van der Waals surface area contributed by atoms with E-state index in [1.54, 1.807) is 0 Å². The molecular weight excluding hydrogens is 248 g/mol. The number of aromatic carboxylic acids is 1. The lowest BCUT2D eigenvalue weighted by Crippen LogP contribution is -2.12. The lowest BCUT2D eigenvalue weighted by molar-refractivity contribution is 0.0696. The van der Waals surface area contributed by atoms with Crippen LogP contribution in [0.25, 0.3) is 0 Å². The zero-order valence-corrected chi connectivity index (χ0v) is 9.70. The number of rotatable bonds is 3. The van der Waals surface area contributed by atoms with Crippen molar-refractivity contribution in [3.63, 3.8) is 0 Å². The van der Waals surface area contributed by atoms with Crippen LogP contribution in [0.5, 0.6) is 5.75 Å². The van der Waals surface area contributed by atoms with Crippen LogP contribution in [0.1, 0.15) is 20.7 Å². The molecule has 1 amide bonds. The number of nitrogens with one attached hydrogen (secondary N) is 1. The van der Waals surface area contributed by atoms with E-state index in [9.17, 15) is 14.7 Å². The number of aromatic nitrogens is 1. The molecule has 2 rings (SSSR count). The third-order valence-corrected chi connectivity index (χ3v) is 2.43. The average Bonchev–Trinajstić information content (AvgIpc) is 2.42. The summed E-state index contributed by atoms with van der Waals surface area (Å²) in [5.41, 5.74) is 0.375. The third kappa shape index (κ3) is 2.86. The first-order valence-corrected chi connectivity index (χ1v) is 5.35. The normalized spacial score (nSPS) is 9.89. The minimum atomic E-state index is -1.14. The van der Waals surface area contributed by atoms with Gasteiger partial charge in [0.1, 0.15) is 5.75 Å². The van der Waals surface area contributed by atoms with Gasteiger partial charge in [0.25, 0.3) is 5.91 Å². The standard InChI is InChI=1S/C13H10N2O4/c16-11-2-1-9(13(18)19)7-10(11)15-12(17)8-3-5-14-6-4-8/h1-7,16H,(H,15,17)(H,18,19). The van der Waals surface area contributed by atoms with Crippen molar-refractivity contribution in [1.29, 1.82) is 0 Å². The van der Waals surface area contributed by atoms with Crippen LogP contribution in [0.3, 0.4) is 0 Å². The van der Waals surface area contributed by atoms with Crippen LogP contribution in [-0.4, -0.2) is 27.1 Å². The van der Waals surface area contributed by atoms with Crippen molar-refractivity contribution in [2.24, 2.45) is 0 Å². The summed E-state index contributed by atoms with van der Waals surface area (Å²) in [5.74, 6) is -1.80. The topological polar surface area (TPSA) is 99.5 Å². The van der Waals surface area contributed by atoms with E-state index in [2.05, 4.69) is 10.3 Å². The molecule has 0 fully saturated rings. The maximum Gasteiger partial charge on any atom is 0.335 e. The number of amides is 1. The van der Waals surface area contributed by atoms with Gasteiger partial charge in [0.05, 0.1) is 11.3 Å². The number of benzene rings is 1. The van der Waals surface area contributed by atoms with Gasteiger partial charge in [-0.05, 0) is 30.3 Å². The van der Waals surface area contributed by atoms with Gasteiger partial charge in [0, 0.05) is 18.0 Å². The fraction of sp³-hybridized carbons (Fsp3) is 0. The van der Waals surface area contributed by atoms with E-state index < -0.39 is 11.9 Å². The fourth-order valence-corrected chi connectivity index (χ4v) is 1.47. The van der Waals surface area contributed by atoms with Gasteiger partial charge in [-0.1, -0.05) is 0 Å².